The molecule has 3 aromatic rings. The fourth-order valence-electron chi connectivity index (χ4n) is 2.94. The molecule has 0 bridgehead atoms. The lowest BCUT2D eigenvalue weighted by Gasteiger charge is -2.39. The second kappa shape index (κ2) is 8.05. The zero-order valence-electron chi connectivity index (χ0n) is 15.7. The Bertz CT molecular complexity index is 999. The van der Waals surface area contributed by atoms with E-state index in [1.807, 2.05) is 4.90 Å². The molecule has 1 amide bonds. The first-order chi connectivity index (χ1) is 14.1. The number of amides is 1. The van der Waals surface area contributed by atoms with Crippen molar-refractivity contribution in [1.29, 1.82) is 0 Å². The van der Waals surface area contributed by atoms with Gasteiger partial charge in [0.1, 0.15) is 24.8 Å². The molecule has 1 saturated heterocycles. The lowest BCUT2D eigenvalue weighted by atomic mass is 9.99. The second-order valence-corrected chi connectivity index (χ2v) is 6.46. The van der Waals surface area contributed by atoms with Gasteiger partial charge in [0.2, 0.25) is 5.91 Å². The van der Waals surface area contributed by atoms with Crippen molar-refractivity contribution >= 4 is 23.4 Å². The Hall–Kier alpha value is -3.82. The van der Waals surface area contributed by atoms with E-state index in [1.165, 1.54) is 12.7 Å². The summed E-state index contributed by atoms with van der Waals surface area (Å²) in [5, 5.41) is 6.93. The summed E-state index contributed by atoms with van der Waals surface area (Å²) in [6, 6.07) is 8.45. The van der Waals surface area contributed by atoms with Gasteiger partial charge < -0.3 is 15.0 Å². The van der Waals surface area contributed by atoms with Crippen LogP contribution >= 0.6 is 0 Å². The first-order valence-electron chi connectivity index (χ1n) is 9.14. The fraction of sp³-hybridized carbons (Fsp3) is 0.263. The van der Waals surface area contributed by atoms with Crippen LogP contribution in [-0.4, -0.2) is 56.3 Å². The highest BCUT2D eigenvalue weighted by atomic mass is 16.5. The number of hydrogen-bond donors (Lipinski definition) is 1. The van der Waals surface area contributed by atoms with E-state index in [0.717, 1.165) is 5.82 Å². The van der Waals surface area contributed by atoms with E-state index in [2.05, 4.69) is 25.4 Å². The van der Waals surface area contributed by atoms with Gasteiger partial charge in [-0.3, -0.25) is 4.79 Å². The molecule has 148 valence electrons. The Kier molecular flexibility index (Phi) is 5.14. The van der Waals surface area contributed by atoms with Crippen LogP contribution in [0.3, 0.4) is 0 Å². The Balaban J connectivity index is 1.32. The third-order valence-corrected chi connectivity index (χ3v) is 4.53. The maximum atomic E-state index is 12.5. The molecule has 29 heavy (non-hydrogen) atoms. The Morgan fingerprint density at radius 1 is 1.14 bits per heavy atom. The third kappa shape index (κ3) is 4.05. The van der Waals surface area contributed by atoms with Gasteiger partial charge in [-0.15, -0.1) is 0 Å². The summed E-state index contributed by atoms with van der Waals surface area (Å²) in [5.41, 5.74) is 1.09. The van der Waals surface area contributed by atoms with Crippen molar-refractivity contribution in [1.82, 2.24) is 24.7 Å². The molecule has 3 heterocycles. The van der Waals surface area contributed by atoms with Crippen molar-refractivity contribution < 1.29 is 14.3 Å². The molecule has 1 aliphatic rings. The average Bonchev–Trinajstić information content (AvgIpc) is 3.23. The van der Waals surface area contributed by atoms with Gasteiger partial charge in [0.25, 0.3) is 0 Å². The van der Waals surface area contributed by atoms with E-state index in [0.29, 0.717) is 36.8 Å². The number of carbonyl (C=O) groups excluding carboxylic acids is 2. The number of ether oxygens (including phenoxy) is 1. The number of nitrogens with zero attached hydrogens (tertiary/aromatic N) is 6. The van der Waals surface area contributed by atoms with Crippen LogP contribution in [0.25, 0.3) is 5.82 Å². The van der Waals surface area contributed by atoms with Crippen molar-refractivity contribution in [3.05, 3.63) is 54.9 Å². The summed E-state index contributed by atoms with van der Waals surface area (Å²) < 4.78 is 6.50. The van der Waals surface area contributed by atoms with Gasteiger partial charge in [0.05, 0.1) is 18.1 Å². The van der Waals surface area contributed by atoms with Crippen molar-refractivity contribution in [2.75, 3.05) is 29.9 Å². The molecule has 0 unspecified atom stereocenters. The summed E-state index contributed by atoms with van der Waals surface area (Å²) in [4.78, 5) is 38.5. The number of hydrogen-bond acceptors (Lipinski definition) is 8. The van der Waals surface area contributed by atoms with Crippen molar-refractivity contribution in [3.8, 4) is 5.82 Å². The Labute approximate surface area is 166 Å². The molecule has 0 aliphatic carbocycles. The number of aromatic nitrogens is 5. The summed E-state index contributed by atoms with van der Waals surface area (Å²) in [6.07, 6.45) is 4.46. The van der Waals surface area contributed by atoms with E-state index >= 15 is 0 Å². The van der Waals surface area contributed by atoms with Crippen molar-refractivity contribution in [3.63, 3.8) is 0 Å². The van der Waals surface area contributed by atoms with Crippen LogP contribution < -0.4 is 10.2 Å². The smallest absolute Gasteiger partial charge is 0.338 e. The van der Waals surface area contributed by atoms with Gasteiger partial charge >= 0.3 is 5.97 Å². The molecule has 0 spiro atoms. The van der Waals surface area contributed by atoms with Crippen molar-refractivity contribution in [2.24, 2.45) is 5.92 Å². The Morgan fingerprint density at radius 3 is 2.59 bits per heavy atom. The van der Waals surface area contributed by atoms with E-state index in [9.17, 15) is 9.59 Å². The normalized spacial score (nSPS) is 13.6. The van der Waals surface area contributed by atoms with Gasteiger partial charge in [0.15, 0.2) is 5.82 Å². The summed E-state index contributed by atoms with van der Waals surface area (Å²) >= 11 is 0. The molecule has 0 atom stereocenters. The minimum atomic E-state index is -0.380. The number of anilines is 2. The van der Waals surface area contributed by atoms with E-state index in [-0.39, 0.29) is 17.8 Å². The van der Waals surface area contributed by atoms with Crippen LogP contribution in [-0.2, 0) is 9.53 Å². The maximum absolute atomic E-state index is 12.5. The van der Waals surface area contributed by atoms with Crippen LogP contribution in [0.1, 0.15) is 17.3 Å². The summed E-state index contributed by atoms with van der Waals surface area (Å²) in [6.45, 7) is 3.19. The fourth-order valence-corrected chi connectivity index (χ4v) is 2.94. The SMILES string of the molecule is CCOC(=O)c1ccc(NC(=O)C2CN(c3cc(-n4cncn4)ncn3)C2)cc1. The number of carbonyl (C=O) groups is 2. The monoisotopic (exact) mass is 393 g/mol. The first kappa shape index (κ1) is 18.5. The van der Waals surface area contributed by atoms with Gasteiger partial charge in [-0.2, -0.15) is 5.10 Å². The lowest BCUT2D eigenvalue weighted by molar-refractivity contribution is -0.120. The predicted molar refractivity (Wildman–Crippen MR) is 104 cm³/mol. The minimum Gasteiger partial charge on any atom is -0.462 e. The molecular weight excluding hydrogens is 374 g/mol. The molecule has 0 saturated carbocycles. The van der Waals surface area contributed by atoms with Crippen LogP contribution in [0.4, 0.5) is 11.5 Å². The molecule has 4 rings (SSSR count). The molecule has 0 radical (unpaired) electrons. The second-order valence-electron chi connectivity index (χ2n) is 6.46. The summed E-state index contributed by atoms with van der Waals surface area (Å²) in [7, 11) is 0. The van der Waals surface area contributed by atoms with Gasteiger partial charge in [-0.25, -0.2) is 24.4 Å². The molecule has 10 nitrogen and oxygen atoms in total. The Morgan fingerprint density at radius 2 is 1.90 bits per heavy atom. The standard InChI is InChI=1S/C19H19N7O3/c1-2-29-19(28)13-3-5-15(6-4-13)24-18(27)14-8-25(9-14)16-7-17(22-11-21-16)26-12-20-10-23-26/h3-7,10-12,14H,2,8-9H2,1H3,(H,24,27). The van der Waals surface area contributed by atoms with E-state index in [4.69, 9.17) is 4.74 Å². The molecule has 1 N–H and O–H groups in total. The summed E-state index contributed by atoms with van der Waals surface area (Å²) in [5.74, 6) is 0.741. The lowest BCUT2D eigenvalue weighted by Crippen LogP contribution is -2.52. The highest BCUT2D eigenvalue weighted by molar-refractivity contribution is 5.95. The van der Waals surface area contributed by atoms with Crippen LogP contribution in [0.15, 0.2) is 49.3 Å². The molecular formula is C19H19N7O3. The molecule has 1 fully saturated rings. The molecule has 1 aromatic carbocycles. The first-order valence-corrected chi connectivity index (χ1v) is 9.14. The average molecular weight is 393 g/mol. The third-order valence-electron chi connectivity index (χ3n) is 4.53. The molecule has 2 aromatic heterocycles. The van der Waals surface area contributed by atoms with Crippen LogP contribution in [0, 0.1) is 5.92 Å². The van der Waals surface area contributed by atoms with Gasteiger partial charge in [0, 0.05) is 24.8 Å². The van der Waals surface area contributed by atoms with E-state index in [1.54, 1.807) is 48.3 Å². The van der Waals surface area contributed by atoms with Crippen molar-refractivity contribution in [2.45, 2.75) is 6.92 Å². The van der Waals surface area contributed by atoms with Gasteiger partial charge in [-0.05, 0) is 31.2 Å². The molecule has 1 aliphatic heterocycles. The number of rotatable bonds is 6. The zero-order valence-corrected chi connectivity index (χ0v) is 15.7. The van der Waals surface area contributed by atoms with E-state index < -0.39 is 0 Å². The largest absolute Gasteiger partial charge is 0.462 e. The van der Waals surface area contributed by atoms with Crippen LogP contribution in [0.2, 0.25) is 0 Å². The topological polar surface area (TPSA) is 115 Å². The minimum absolute atomic E-state index is 0.0734. The maximum Gasteiger partial charge on any atom is 0.338 e. The predicted octanol–water partition coefficient (Wildman–Crippen LogP) is 1.31. The number of benzene rings is 1. The highest BCUT2D eigenvalue weighted by Crippen LogP contribution is 2.24. The highest BCUT2D eigenvalue weighted by Gasteiger charge is 2.33. The number of esters is 1. The quantitative estimate of drug-likeness (QED) is 0.623. The van der Waals surface area contributed by atoms with Gasteiger partial charge in [-0.1, -0.05) is 0 Å². The number of nitrogens with one attached hydrogen (secondary N) is 1. The van der Waals surface area contributed by atoms with Crippen LogP contribution in [0.5, 0.6) is 0 Å². The molecule has 10 heteroatoms. The zero-order chi connectivity index (χ0) is 20.2.